The van der Waals surface area contributed by atoms with Crippen molar-refractivity contribution in [2.24, 2.45) is 0 Å². The Morgan fingerprint density at radius 3 is 2.64 bits per heavy atom. The third kappa shape index (κ3) is 3.88. The van der Waals surface area contributed by atoms with Gasteiger partial charge in [-0.15, -0.1) is 11.3 Å². The predicted octanol–water partition coefficient (Wildman–Crippen LogP) is 3.94. The van der Waals surface area contributed by atoms with Gasteiger partial charge in [-0.25, -0.2) is 4.98 Å². The van der Waals surface area contributed by atoms with Crippen LogP contribution in [0.5, 0.6) is 0 Å². The SMILES string of the molecule is CCN(CC)c1ccc(C(=O)Nc2cc(-c3ccc(C)s3)[nH]n2)cn1. The van der Waals surface area contributed by atoms with Crippen LogP contribution in [0.25, 0.3) is 10.6 Å². The van der Waals surface area contributed by atoms with Gasteiger partial charge < -0.3 is 10.2 Å². The van der Waals surface area contributed by atoms with E-state index in [1.54, 1.807) is 23.6 Å². The number of pyridine rings is 1. The van der Waals surface area contributed by atoms with Crippen LogP contribution < -0.4 is 10.2 Å². The van der Waals surface area contributed by atoms with E-state index in [4.69, 9.17) is 0 Å². The fraction of sp³-hybridized carbons (Fsp3) is 0.278. The number of aryl methyl sites for hydroxylation is 1. The van der Waals surface area contributed by atoms with Crippen molar-refractivity contribution in [2.45, 2.75) is 20.8 Å². The van der Waals surface area contributed by atoms with Gasteiger partial charge in [-0.1, -0.05) is 0 Å². The number of thiophene rings is 1. The van der Waals surface area contributed by atoms with Gasteiger partial charge in [0.15, 0.2) is 5.82 Å². The van der Waals surface area contributed by atoms with Crippen molar-refractivity contribution in [1.82, 2.24) is 15.2 Å². The lowest BCUT2D eigenvalue weighted by Crippen LogP contribution is -2.23. The molecule has 7 heteroatoms. The number of H-pyrrole nitrogens is 1. The van der Waals surface area contributed by atoms with E-state index in [2.05, 4.69) is 52.2 Å². The molecule has 0 unspecified atom stereocenters. The Morgan fingerprint density at radius 1 is 1.24 bits per heavy atom. The largest absolute Gasteiger partial charge is 0.357 e. The fourth-order valence-corrected chi connectivity index (χ4v) is 3.37. The molecule has 0 aliphatic carbocycles. The molecule has 0 fully saturated rings. The quantitative estimate of drug-likeness (QED) is 0.702. The summed E-state index contributed by atoms with van der Waals surface area (Å²) in [5.74, 6) is 1.15. The van der Waals surface area contributed by atoms with E-state index in [1.807, 2.05) is 18.2 Å². The van der Waals surface area contributed by atoms with Gasteiger partial charge in [0.2, 0.25) is 0 Å². The second-order valence-corrected chi connectivity index (χ2v) is 6.90. The van der Waals surface area contributed by atoms with Gasteiger partial charge >= 0.3 is 0 Å². The normalized spacial score (nSPS) is 10.7. The van der Waals surface area contributed by atoms with Crippen molar-refractivity contribution in [3.8, 4) is 10.6 Å². The Morgan fingerprint density at radius 2 is 2.04 bits per heavy atom. The summed E-state index contributed by atoms with van der Waals surface area (Å²) >= 11 is 1.68. The molecule has 3 aromatic rings. The summed E-state index contributed by atoms with van der Waals surface area (Å²) in [5.41, 5.74) is 1.40. The number of carbonyl (C=O) groups excluding carboxylic acids is 1. The molecule has 0 saturated carbocycles. The molecular weight excluding hydrogens is 334 g/mol. The maximum Gasteiger partial charge on any atom is 0.258 e. The minimum absolute atomic E-state index is 0.223. The zero-order valence-electron chi connectivity index (χ0n) is 14.5. The molecule has 0 atom stereocenters. The number of amides is 1. The topological polar surface area (TPSA) is 73.9 Å². The number of nitrogens with zero attached hydrogens (tertiary/aromatic N) is 3. The van der Waals surface area contributed by atoms with E-state index in [0.717, 1.165) is 29.5 Å². The van der Waals surface area contributed by atoms with E-state index in [9.17, 15) is 4.79 Å². The summed E-state index contributed by atoms with van der Waals surface area (Å²) in [5, 5.41) is 9.92. The van der Waals surface area contributed by atoms with Crippen molar-refractivity contribution in [2.75, 3.05) is 23.3 Å². The van der Waals surface area contributed by atoms with Crippen LogP contribution in [0.2, 0.25) is 0 Å². The molecule has 3 heterocycles. The van der Waals surface area contributed by atoms with Gasteiger partial charge in [-0.3, -0.25) is 9.89 Å². The maximum atomic E-state index is 12.4. The average Bonchev–Trinajstić information content (AvgIpc) is 3.25. The molecule has 0 saturated heterocycles. The van der Waals surface area contributed by atoms with Crippen LogP contribution in [0.1, 0.15) is 29.1 Å². The lowest BCUT2D eigenvalue weighted by Gasteiger charge is -2.19. The summed E-state index contributed by atoms with van der Waals surface area (Å²) in [6, 6.07) is 9.58. The highest BCUT2D eigenvalue weighted by atomic mass is 32.1. The van der Waals surface area contributed by atoms with E-state index < -0.39 is 0 Å². The summed E-state index contributed by atoms with van der Waals surface area (Å²) in [6.07, 6.45) is 1.60. The molecule has 3 rings (SSSR count). The summed E-state index contributed by atoms with van der Waals surface area (Å²) in [6.45, 7) is 7.98. The van der Waals surface area contributed by atoms with E-state index >= 15 is 0 Å². The fourth-order valence-electron chi connectivity index (χ4n) is 2.53. The van der Waals surface area contributed by atoms with E-state index in [0.29, 0.717) is 11.4 Å². The number of anilines is 2. The molecule has 1 amide bonds. The standard InChI is InChI=1S/C18H21N5OS/c1-4-23(5-2)17-9-7-13(11-19-17)18(24)20-16-10-14(21-22-16)15-8-6-12(3)25-15/h6-11H,4-5H2,1-3H3,(H2,20,21,22,24). The molecule has 130 valence electrons. The second kappa shape index (κ2) is 7.48. The Kier molecular flexibility index (Phi) is 5.14. The van der Waals surface area contributed by atoms with Crippen molar-refractivity contribution >= 4 is 28.9 Å². The van der Waals surface area contributed by atoms with Crippen LogP contribution in [0.15, 0.2) is 36.5 Å². The van der Waals surface area contributed by atoms with Crippen LogP contribution in [0.4, 0.5) is 11.6 Å². The lowest BCUT2D eigenvalue weighted by molar-refractivity contribution is 0.102. The molecular formula is C18H21N5OS. The number of carbonyl (C=O) groups is 1. The van der Waals surface area contributed by atoms with Crippen molar-refractivity contribution < 1.29 is 4.79 Å². The van der Waals surface area contributed by atoms with Gasteiger partial charge in [0, 0.05) is 30.2 Å². The summed E-state index contributed by atoms with van der Waals surface area (Å²) in [7, 11) is 0. The first-order chi connectivity index (χ1) is 12.1. The molecule has 6 nitrogen and oxygen atoms in total. The number of aromatic nitrogens is 3. The molecule has 0 spiro atoms. The molecule has 25 heavy (non-hydrogen) atoms. The first kappa shape index (κ1) is 17.2. The minimum atomic E-state index is -0.223. The lowest BCUT2D eigenvalue weighted by atomic mass is 10.2. The zero-order valence-corrected chi connectivity index (χ0v) is 15.4. The van der Waals surface area contributed by atoms with Gasteiger partial charge in [0.05, 0.1) is 16.1 Å². The van der Waals surface area contributed by atoms with Crippen LogP contribution in [-0.2, 0) is 0 Å². The van der Waals surface area contributed by atoms with Gasteiger partial charge in [0.1, 0.15) is 5.82 Å². The first-order valence-electron chi connectivity index (χ1n) is 8.25. The average molecular weight is 355 g/mol. The predicted molar refractivity (Wildman–Crippen MR) is 102 cm³/mol. The Balaban J connectivity index is 1.69. The van der Waals surface area contributed by atoms with Crippen LogP contribution in [0, 0.1) is 6.92 Å². The number of nitrogens with one attached hydrogen (secondary N) is 2. The van der Waals surface area contributed by atoms with Crippen LogP contribution in [0.3, 0.4) is 0 Å². The number of hydrogen-bond acceptors (Lipinski definition) is 5. The van der Waals surface area contributed by atoms with Gasteiger partial charge in [-0.05, 0) is 45.0 Å². The van der Waals surface area contributed by atoms with Crippen molar-refractivity contribution in [3.05, 3.63) is 47.0 Å². The molecule has 0 aromatic carbocycles. The molecule has 0 radical (unpaired) electrons. The Labute approximate surface area is 150 Å². The van der Waals surface area contributed by atoms with Crippen molar-refractivity contribution in [3.63, 3.8) is 0 Å². The first-order valence-corrected chi connectivity index (χ1v) is 9.07. The van der Waals surface area contributed by atoms with E-state index in [1.165, 1.54) is 4.88 Å². The highest BCUT2D eigenvalue weighted by molar-refractivity contribution is 7.15. The highest BCUT2D eigenvalue weighted by Gasteiger charge is 2.12. The van der Waals surface area contributed by atoms with Gasteiger partial charge in [0.25, 0.3) is 5.91 Å². The molecule has 3 aromatic heterocycles. The molecule has 0 aliphatic heterocycles. The molecule has 2 N–H and O–H groups in total. The molecule has 0 aliphatic rings. The van der Waals surface area contributed by atoms with Gasteiger partial charge in [-0.2, -0.15) is 5.10 Å². The second-order valence-electron chi connectivity index (χ2n) is 5.61. The van der Waals surface area contributed by atoms with Crippen LogP contribution in [-0.4, -0.2) is 34.2 Å². The van der Waals surface area contributed by atoms with E-state index in [-0.39, 0.29) is 5.91 Å². The maximum absolute atomic E-state index is 12.4. The third-order valence-electron chi connectivity index (χ3n) is 3.92. The third-order valence-corrected chi connectivity index (χ3v) is 4.96. The Hall–Kier alpha value is -2.67. The highest BCUT2D eigenvalue weighted by Crippen LogP contribution is 2.27. The minimum Gasteiger partial charge on any atom is -0.357 e. The molecule has 0 bridgehead atoms. The monoisotopic (exact) mass is 355 g/mol. The van der Waals surface area contributed by atoms with Crippen molar-refractivity contribution in [1.29, 1.82) is 0 Å². The zero-order chi connectivity index (χ0) is 17.8. The van der Waals surface area contributed by atoms with Crippen LogP contribution >= 0.6 is 11.3 Å². The summed E-state index contributed by atoms with van der Waals surface area (Å²) < 4.78 is 0. The summed E-state index contributed by atoms with van der Waals surface area (Å²) in [4.78, 5) is 21.2. The smallest absolute Gasteiger partial charge is 0.258 e. The Bertz CT molecular complexity index is 848. The number of rotatable bonds is 6. The number of aromatic amines is 1. The number of hydrogen-bond donors (Lipinski definition) is 2.